The van der Waals surface area contributed by atoms with Crippen molar-refractivity contribution in [2.24, 2.45) is 5.41 Å². The molecule has 0 atom stereocenters. The lowest BCUT2D eigenvalue weighted by molar-refractivity contribution is 0.598. The lowest BCUT2D eigenvalue weighted by atomic mass is 9.95. The number of para-hydroxylation sites is 1. The monoisotopic (exact) mass is 301 g/mol. The van der Waals surface area contributed by atoms with Crippen molar-refractivity contribution in [1.29, 1.82) is 0 Å². The zero-order valence-electron chi connectivity index (χ0n) is 13.3. The van der Waals surface area contributed by atoms with Crippen LogP contribution in [0.2, 0.25) is 0 Å². The summed E-state index contributed by atoms with van der Waals surface area (Å²) in [5, 5.41) is 1.13. The molecule has 0 unspecified atom stereocenters. The number of rotatable bonds is 2. The molecule has 23 heavy (non-hydrogen) atoms. The van der Waals surface area contributed by atoms with Gasteiger partial charge in [0, 0.05) is 22.1 Å². The normalized spacial score (nSPS) is 16.4. The number of hydrogen-bond donors (Lipinski definition) is 1. The molecule has 2 N–H and O–H groups in total. The van der Waals surface area contributed by atoms with Crippen LogP contribution in [0.1, 0.15) is 25.2 Å². The number of anilines is 1. The van der Waals surface area contributed by atoms with Crippen LogP contribution >= 0.6 is 0 Å². The summed E-state index contributed by atoms with van der Waals surface area (Å²) in [5.41, 5.74) is 11.0. The minimum Gasteiger partial charge on any atom is -0.456 e. The van der Waals surface area contributed by atoms with E-state index in [9.17, 15) is 0 Å². The highest BCUT2D eigenvalue weighted by Gasteiger charge is 2.27. The topological polar surface area (TPSA) is 39.2 Å². The van der Waals surface area contributed by atoms with Crippen molar-refractivity contribution in [2.75, 3.05) is 5.73 Å². The number of allylic oxidation sites excluding steroid dienone is 4. The fourth-order valence-electron chi connectivity index (χ4n) is 3.16. The van der Waals surface area contributed by atoms with Crippen LogP contribution in [-0.4, -0.2) is 0 Å². The summed E-state index contributed by atoms with van der Waals surface area (Å²) >= 11 is 0. The van der Waals surface area contributed by atoms with E-state index in [1.165, 1.54) is 5.57 Å². The molecule has 2 nitrogen and oxygen atoms in total. The zero-order chi connectivity index (χ0) is 16.0. The minimum atomic E-state index is 0.00499. The molecule has 114 valence electrons. The lowest BCUT2D eigenvalue weighted by Gasteiger charge is -2.09. The van der Waals surface area contributed by atoms with Crippen molar-refractivity contribution in [3.8, 4) is 0 Å². The van der Waals surface area contributed by atoms with Gasteiger partial charge in [0.25, 0.3) is 0 Å². The molecule has 0 radical (unpaired) electrons. The SMILES string of the molecule is CC1(C)C=C(c2ccc(N)cc2)C(c2cc3ccccc3o2)=C1. The van der Waals surface area contributed by atoms with Gasteiger partial charge < -0.3 is 10.2 Å². The summed E-state index contributed by atoms with van der Waals surface area (Å²) in [6.07, 6.45) is 4.57. The van der Waals surface area contributed by atoms with E-state index in [0.717, 1.165) is 33.6 Å². The predicted molar refractivity (Wildman–Crippen MR) is 96.8 cm³/mol. The molecule has 0 bridgehead atoms. The van der Waals surface area contributed by atoms with E-state index in [0.29, 0.717) is 0 Å². The fourth-order valence-corrected chi connectivity index (χ4v) is 3.16. The Kier molecular flexibility index (Phi) is 2.95. The number of nitrogens with two attached hydrogens (primary N) is 1. The van der Waals surface area contributed by atoms with Crippen molar-refractivity contribution in [3.05, 3.63) is 78.1 Å². The van der Waals surface area contributed by atoms with E-state index >= 15 is 0 Å². The molecule has 0 saturated heterocycles. The summed E-state index contributed by atoms with van der Waals surface area (Å²) in [6, 6.07) is 18.3. The van der Waals surface area contributed by atoms with E-state index in [2.05, 4.69) is 50.3 Å². The summed E-state index contributed by atoms with van der Waals surface area (Å²) in [4.78, 5) is 0. The Morgan fingerprint density at radius 1 is 0.870 bits per heavy atom. The van der Waals surface area contributed by atoms with Gasteiger partial charge in [-0.25, -0.2) is 0 Å². The molecule has 1 aliphatic carbocycles. The molecule has 1 aliphatic rings. The van der Waals surface area contributed by atoms with Crippen LogP contribution < -0.4 is 5.73 Å². The highest BCUT2D eigenvalue weighted by Crippen LogP contribution is 2.44. The van der Waals surface area contributed by atoms with E-state index < -0.39 is 0 Å². The van der Waals surface area contributed by atoms with Crippen LogP contribution in [-0.2, 0) is 0 Å². The summed E-state index contributed by atoms with van der Waals surface area (Å²) < 4.78 is 6.09. The fraction of sp³-hybridized carbons (Fsp3) is 0.143. The average Bonchev–Trinajstić information content (AvgIpc) is 3.08. The van der Waals surface area contributed by atoms with Gasteiger partial charge in [-0.1, -0.05) is 56.3 Å². The highest BCUT2D eigenvalue weighted by molar-refractivity contribution is 6.07. The first-order valence-corrected chi connectivity index (χ1v) is 7.83. The van der Waals surface area contributed by atoms with E-state index in [4.69, 9.17) is 10.2 Å². The molecule has 1 heterocycles. The number of furan rings is 1. The molecule has 0 aliphatic heterocycles. The third-order valence-corrected chi connectivity index (χ3v) is 4.24. The lowest BCUT2D eigenvalue weighted by Crippen LogP contribution is -1.98. The van der Waals surface area contributed by atoms with Gasteiger partial charge >= 0.3 is 0 Å². The molecule has 0 spiro atoms. The molecule has 0 amide bonds. The van der Waals surface area contributed by atoms with Gasteiger partial charge in [-0.3, -0.25) is 0 Å². The Labute approximate surface area is 135 Å². The maximum absolute atomic E-state index is 6.09. The van der Waals surface area contributed by atoms with Crippen molar-refractivity contribution in [1.82, 2.24) is 0 Å². The van der Waals surface area contributed by atoms with Crippen LogP contribution in [0.25, 0.3) is 22.1 Å². The first kappa shape index (κ1) is 13.9. The van der Waals surface area contributed by atoms with Crippen molar-refractivity contribution in [3.63, 3.8) is 0 Å². The molecule has 0 saturated carbocycles. The minimum absolute atomic E-state index is 0.00499. The predicted octanol–water partition coefficient (Wildman–Crippen LogP) is 5.52. The summed E-state index contributed by atoms with van der Waals surface area (Å²) in [7, 11) is 0. The van der Waals surface area contributed by atoms with Crippen molar-refractivity contribution >= 4 is 27.8 Å². The Morgan fingerprint density at radius 2 is 1.57 bits per heavy atom. The Hall–Kier alpha value is -2.74. The van der Waals surface area contributed by atoms with Crippen LogP contribution in [0.3, 0.4) is 0 Å². The van der Waals surface area contributed by atoms with E-state index in [1.807, 2.05) is 30.3 Å². The number of benzene rings is 2. The average molecular weight is 301 g/mol. The van der Waals surface area contributed by atoms with Gasteiger partial charge in [0.2, 0.25) is 0 Å². The van der Waals surface area contributed by atoms with Crippen LogP contribution in [0, 0.1) is 5.41 Å². The molecule has 2 aromatic carbocycles. The standard InChI is InChI=1S/C21H19NO/c1-21(2)12-17(14-7-9-16(22)10-8-14)18(13-21)20-11-15-5-3-4-6-19(15)23-20/h3-13H,22H2,1-2H3. The molecule has 2 heteroatoms. The van der Waals surface area contributed by atoms with Gasteiger partial charge in [0.15, 0.2) is 0 Å². The maximum atomic E-state index is 6.09. The number of hydrogen-bond acceptors (Lipinski definition) is 2. The van der Waals surface area contributed by atoms with Crippen molar-refractivity contribution < 1.29 is 4.42 Å². The first-order valence-electron chi connectivity index (χ1n) is 7.83. The second kappa shape index (κ2) is 4.88. The molecule has 4 rings (SSSR count). The summed E-state index contributed by atoms with van der Waals surface area (Å²) in [6.45, 7) is 4.42. The smallest absolute Gasteiger partial charge is 0.135 e. The Morgan fingerprint density at radius 3 is 2.30 bits per heavy atom. The second-order valence-corrected chi connectivity index (χ2v) is 6.71. The molecule has 1 aromatic heterocycles. The van der Waals surface area contributed by atoms with Crippen molar-refractivity contribution in [2.45, 2.75) is 13.8 Å². The number of nitrogen functional groups attached to an aromatic ring is 1. The van der Waals surface area contributed by atoms with Gasteiger partial charge in [0.1, 0.15) is 11.3 Å². The molecule has 3 aromatic rings. The van der Waals surface area contributed by atoms with Gasteiger partial charge in [-0.2, -0.15) is 0 Å². The van der Waals surface area contributed by atoms with Gasteiger partial charge in [0.05, 0.1) is 0 Å². The van der Waals surface area contributed by atoms with E-state index in [-0.39, 0.29) is 5.41 Å². The van der Waals surface area contributed by atoms with E-state index in [1.54, 1.807) is 0 Å². The number of fused-ring (bicyclic) bond motifs is 1. The molecular weight excluding hydrogens is 282 g/mol. The first-order chi connectivity index (χ1) is 11.0. The van der Waals surface area contributed by atoms with Gasteiger partial charge in [-0.05, 0) is 35.4 Å². The van der Waals surface area contributed by atoms with Crippen LogP contribution in [0.5, 0.6) is 0 Å². The van der Waals surface area contributed by atoms with Crippen LogP contribution in [0.15, 0.2) is 71.2 Å². The summed E-state index contributed by atoms with van der Waals surface area (Å²) in [5.74, 6) is 0.917. The zero-order valence-corrected chi connectivity index (χ0v) is 13.3. The van der Waals surface area contributed by atoms with Crippen LogP contribution in [0.4, 0.5) is 5.69 Å². The highest BCUT2D eigenvalue weighted by atomic mass is 16.3. The molecule has 0 fully saturated rings. The second-order valence-electron chi connectivity index (χ2n) is 6.71. The third-order valence-electron chi connectivity index (χ3n) is 4.24. The quantitative estimate of drug-likeness (QED) is 0.633. The largest absolute Gasteiger partial charge is 0.456 e. The third kappa shape index (κ3) is 2.46. The Bertz CT molecular complexity index is 906. The molecular formula is C21H19NO. The Balaban J connectivity index is 1.85. The van der Waals surface area contributed by atoms with Gasteiger partial charge in [-0.15, -0.1) is 0 Å². The maximum Gasteiger partial charge on any atom is 0.135 e.